The Morgan fingerprint density at radius 2 is 1.74 bits per heavy atom. The molecule has 0 fully saturated rings. The van der Waals surface area contributed by atoms with E-state index in [-0.39, 0.29) is 5.78 Å². The Morgan fingerprint density at radius 1 is 1.05 bits per heavy atom. The summed E-state index contributed by atoms with van der Waals surface area (Å²) in [6.45, 7) is 3.80. The molecule has 0 unspecified atom stereocenters. The highest BCUT2D eigenvalue weighted by atomic mass is 16.1. The Labute approximate surface area is 114 Å². The van der Waals surface area contributed by atoms with Crippen LogP contribution in [0.4, 0.5) is 0 Å². The van der Waals surface area contributed by atoms with Gasteiger partial charge in [0, 0.05) is 6.42 Å². The SMILES string of the molecule is CC(=O)CCc1ccc2c(c1)Cc1cc(C)ccc1-2. The molecule has 0 saturated carbocycles. The van der Waals surface area contributed by atoms with E-state index in [0.29, 0.717) is 6.42 Å². The van der Waals surface area contributed by atoms with Crippen LogP contribution < -0.4 is 0 Å². The number of hydrogen-bond donors (Lipinski definition) is 0. The summed E-state index contributed by atoms with van der Waals surface area (Å²) >= 11 is 0. The number of aryl methyl sites for hydroxylation is 2. The predicted octanol–water partition coefficient (Wildman–Crippen LogP) is 4.09. The minimum Gasteiger partial charge on any atom is -0.300 e. The number of carbonyl (C=O) groups is 1. The molecule has 0 heterocycles. The molecule has 2 aromatic rings. The van der Waals surface area contributed by atoms with Gasteiger partial charge in [0.2, 0.25) is 0 Å². The van der Waals surface area contributed by atoms with Crippen LogP contribution in [0.5, 0.6) is 0 Å². The Morgan fingerprint density at radius 3 is 2.47 bits per heavy atom. The third kappa shape index (κ3) is 2.33. The Balaban J connectivity index is 1.92. The summed E-state index contributed by atoms with van der Waals surface area (Å²) < 4.78 is 0. The first-order valence-electron chi connectivity index (χ1n) is 6.84. The van der Waals surface area contributed by atoms with Crippen molar-refractivity contribution < 1.29 is 4.79 Å². The molecule has 0 atom stereocenters. The summed E-state index contributed by atoms with van der Waals surface area (Å²) in [5.74, 6) is 0.263. The lowest BCUT2D eigenvalue weighted by Crippen LogP contribution is -1.94. The number of benzene rings is 2. The lowest BCUT2D eigenvalue weighted by Gasteiger charge is -2.04. The van der Waals surface area contributed by atoms with E-state index in [1.165, 1.54) is 33.4 Å². The molecule has 1 heteroatoms. The van der Waals surface area contributed by atoms with Gasteiger partial charge in [0.15, 0.2) is 0 Å². The van der Waals surface area contributed by atoms with Crippen LogP contribution in [-0.4, -0.2) is 5.78 Å². The minimum absolute atomic E-state index is 0.263. The van der Waals surface area contributed by atoms with Crippen molar-refractivity contribution in [1.82, 2.24) is 0 Å². The molecule has 1 nitrogen and oxygen atoms in total. The first-order valence-corrected chi connectivity index (χ1v) is 6.84. The zero-order valence-corrected chi connectivity index (χ0v) is 11.5. The summed E-state index contributed by atoms with van der Waals surface area (Å²) in [6.07, 6.45) is 2.53. The third-order valence-electron chi connectivity index (χ3n) is 3.87. The van der Waals surface area contributed by atoms with Gasteiger partial charge >= 0.3 is 0 Å². The van der Waals surface area contributed by atoms with Gasteiger partial charge in [-0.1, -0.05) is 42.0 Å². The van der Waals surface area contributed by atoms with E-state index >= 15 is 0 Å². The highest BCUT2D eigenvalue weighted by Gasteiger charge is 2.18. The molecule has 2 aromatic carbocycles. The van der Waals surface area contributed by atoms with Crippen LogP contribution in [0.3, 0.4) is 0 Å². The van der Waals surface area contributed by atoms with E-state index in [4.69, 9.17) is 0 Å². The molecule has 1 aliphatic rings. The van der Waals surface area contributed by atoms with E-state index in [1.807, 2.05) is 0 Å². The lowest BCUT2D eigenvalue weighted by molar-refractivity contribution is -0.116. The van der Waals surface area contributed by atoms with E-state index in [0.717, 1.165) is 12.8 Å². The first kappa shape index (κ1) is 12.2. The number of Topliss-reactive ketones (excluding diaryl/α,β-unsaturated/α-hetero) is 1. The van der Waals surface area contributed by atoms with Crippen molar-refractivity contribution in [1.29, 1.82) is 0 Å². The summed E-state index contributed by atoms with van der Waals surface area (Å²) in [7, 11) is 0. The standard InChI is InChI=1S/C18H18O/c1-12-3-7-17-15(9-12)11-16-10-14(5-4-13(2)19)6-8-18(16)17/h3,6-10H,4-5,11H2,1-2H3. The molecule has 0 bridgehead atoms. The summed E-state index contributed by atoms with van der Waals surface area (Å²) in [6, 6.07) is 13.3. The van der Waals surface area contributed by atoms with E-state index in [2.05, 4.69) is 43.3 Å². The Kier molecular flexibility index (Phi) is 2.98. The average Bonchev–Trinajstić information content (AvgIpc) is 2.72. The second-order valence-corrected chi connectivity index (χ2v) is 5.53. The quantitative estimate of drug-likeness (QED) is 0.684. The molecule has 0 radical (unpaired) electrons. The van der Waals surface area contributed by atoms with Gasteiger partial charge in [0.05, 0.1) is 0 Å². The van der Waals surface area contributed by atoms with Crippen LogP contribution in [0.15, 0.2) is 36.4 Å². The van der Waals surface area contributed by atoms with Crippen LogP contribution in [0, 0.1) is 6.92 Å². The molecule has 3 rings (SSSR count). The van der Waals surface area contributed by atoms with Gasteiger partial charge in [-0.15, -0.1) is 0 Å². The Hall–Kier alpha value is -1.89. The van der Waals surface area contributed by atoms with Crippen LogP contribution in [-0.2, 0) is 17.6 Å². The van der Waals surface area contributed by atoms with Crippen molar-refractivity contribution in [3.05, 3.63) is 58.7 Å². The molecule has 0 amide bonds. The van der Waals surface area contributed by atoms with Crippen LogP contribution >= 0.6 is 0 Å². The Bertz CT molecular complexity index is 653. The van der Waals surface area contributed by atoms with Crippen molar-refractivity contribution in [3.63, 3.8) is 0 Å². The largest absolute Gasteiger partial charge is 0.300 e. The van der Waals surface area contributed by atoms with Crippen molar-refractivity contribution in [3.8, 4) is 11.1 Å². The van der Waals surface area contributed by atoms with Gasteiger partial charge in [0.1, 0.15) is 5.78 Å². The van der Waals surface area contributed by atoms with Gasteiger partial charge in [-0.3, -0.25) is 0 Å². The van der Waals surface area contributed by atoms with Gasteiger partial charge in [-0.05, 0) is 54.5 Å². The molecular weight excluding hydrogens is 232 g/mol. The highest BCUT2D eigenvalue weighted by Crippen LogP contribution is 2.37. The molecule has 0 aromatic heterocycles. The van der Waals surface area contributed by atoms with Crippen molar-refractivity contribution in [2.75, 3.05) is 0 Å². The van der Waals surface area contributed by atoms with Gasteiger partial charge in [0.25, 0.3) is 0 Å². The second kappa shape index (κ2) is 4.65. The molecule has 1 aliphatic carbocycles. The number of ketones is 1. The van der Waals surface area contributed by atoms with E-state index in [1.54, 1.807) is 6.92 Å². The molecule has 0 aliphatic heterocycles. The summed E-state index contributed by atoms with van der Waals surface area (Å²) in [4.78, 5) is 11.1. The monoisotopic (exact) mass is 250 g/mol. The number of fused-ring (bicyclic) bond motifs is 3. The topological polar surface area (TPSA) is 17.1 Å². The normalized spacial score (nSPS) is 12.1. The van der Waals surface area contributed by atoms with Gasteiger partial charge < -0.3 is 4.79 Å². The van der Waals surface area contributed by atoms with Crippen molar-refractivity contribution in [2.24, 2.45) is 0 Å². The van der Waals surface area contributed by atoms with E-state index < -0.39 is 0 Å². The minimum atomic E-state index is 0.263. The maximum atomic E-state index is 11.1. The smallest absolute Gasteiger partial charge is 0.130 e. The van der Waals surface area contributed by atoms with Crippen LogP contribution in [0.1, 0.15) is 35.6 Å². The fourth-order valence-electron chi connectivity index (χ4n) is 2.87. The molecule has 19 heavy (non-hydrogen) atoms. The fraction of sp³-hybridized carbons (Fsp3) is 0.278. The maximum absolute atomic E-state index is 11.1. The third-order valence-corrected chi connectivity index (χ3v) is 3.87. The highest BCUT2D eigenvalue weighted by molar-refractivity contribution is 5.78. The second-order valence-electron chi connectivity index (χ2n) is 5.53. The number of carbonyl (C=O) groups excluding carboxylic acids is 1. The zero-order valence-electron chi connectivity index (χ0n) is 11.5. The maximum Gasteiger partial charge on any atom is 0.130 e. The average molecular weight is 250 g/mol. The van der Waals surface area contributed by atoms with Crippen LogP contribution in [0.25, 0.3) is 11.1 Å². The van der Waals surface area contributed by atoms with E-state index in [9.17, 15) is 4.79 Å². The summed E-state index contributed by atoms with van der Waals surface area (Å²) in [5, 5.41) is 0. The van der Waals surface area contributed by atoms with Gasteiger partial charge in [-0.25, -0.2) is 0 Å². The molecule has 0 saturated heterocycles. The fourth-order valence-corrected chi connectivity index (χ4v) is 2.87. The number of rotatable bonds is 3. The van der Waals surface area contributed by atoms with Crippen LogP contribution in [0.2, 0.25) is 0 Å². The number of hydrogen-bond acceptors (Lipinski definition) is 1. The van der Waals surface area contributed by atoms with Crippen molar-refractivity contribution >= 4 is 5.78 Å². The molecule has 0 N–H and O–H groups in total. The van der Waals surface area contributed by atoms with Gasteiger partial charge in [-0.2, -0.15) is 0 Å². The molecule has 0 spiro atoms. The zero-order chi connectivity index (χ0) is 13.4. The molecular formula is C18H18O. The molecule has 96 valence electrons. The van der Waals surface area contributed by atoms with Crippen molar-refractivity contribution in [2.45, 2.75) is 33.1 Å². The lowest BCUT2D eigenvalue weighted by atomic mass is 10.0. The summed E-state index contributed by atoms with van der Waals surface area (Å²) in [5.41, 5.74) is 8.17. The first-order chi connectivity index (χ1) is 9.13. The predicted molar refractivity (Wildman–Crippen MR) is 78.4 cm³/mol.